The van der Waals surface area contributed by atoms with E-state index in [-0.39, 0.29) is 11.7 Å². The Hall–Kier alpha value is -2.47. The van der Waals surface area contributed by atoms with Gasteiger partial charge >= 0.3 is 0 Å². The number of hydrogen-bond acceptors (Lipinski definition) is 2. The van der Waals surface area contributed by atoms with Crippen LogP contribution < -0.4 is 0 Å². The van der Waals surface area contributed by atoms with Crippen molar-refractivity contribution in [3.8, 4) is 5.69 Å². The van der Waals surface area contributed by atoms with Crippen molar-refractivity contribution in [3.63, 3.8) is 0 Å². The maximum absolute atomic E-state index is 13.3. The summed E-state index contributed by atoms with van der Waals surface area (Å²) in [5.74, 6) is -0.157. The van der Waals surface area contributed by atoms with Gasteiger partial charge in [-0.2, -0.15) is 5.10 Å². The Labute approximate surface area is 178 Å². The molecular formula is C23H23BrFN3O. The molecule has 1 aliphatic rings. The van der Waals surface area contributed by atoms with Gasteiger partial charge in [-0.3, -0.25) is 4.79 Å². The van der Waals surface area contributed by atoms with Gasteiger partial charge in [-0.15, -0.1) is 0 Å². The minimum absolute atomic E-state index is 0.123. The van der Waals surface area contributed by atoms with Gasteiger partial charge < -0.3 is 4.90 Å². The highest BCUT2D eigenvalue weighted by molar-refractivity contribution is 9.10. The first kappa shape index (κ1) is 19.8. The molecule has 0 N–H and O–H groups in total. The Morgan fingerprint density at radius 1 is 1.21 bits per heavy atom. The molecule has 2 aromatic carbocycles. The lowest BCUT2D eigenvalue weighted by Crippen LogP contribution is -2.34. The third-order valence-corrected chi connectivity index (χ3v) is 5.88. The van der Waals surface area contributed by atoms with Crippen molar-refractivity contribution in [2.24, 2.45) is 0 Å². The minimum atomic E-state index is -0.279. The van der Waals surface area contributed by atoms with E-state index in [0.29, 0.717) is 19.0 Å². The molecule has 0 aliphatic heterocycles. The maximum atomic E-state index is 13.3. The summed E-state index contributed by atoms with van der Waals surface area (Å²) in [6.07, 6.45) is 2.45. The number of aryl methyl sites for hydroxylation is 1. The van der Waals surface area contributed by atoms with Gasteiger partial charge in [0.2, 0.25) is 5.91 Å². The van der Waals surface area contributed by atoms with Crippen molar-refractivity contribution in [2.45, 2.75) is 45.7 Å². The Morgan fingerprint density at radius 3 is 2.59 bits per heavy atom. The highest BCUT2D eigenvalue weighted by atomic mass is 79.9. The monoisotopic (exact) mass is 455 g/mol. The van der Waals surface area contributed by atoms with Gasteiger partial charge in [0, 0.05) is 28.3 Å². The molecule has 4 rings (SSSR count). The zero-order chi connectivity index (χ0) is 20.5. The molecule has 0 radical (unpaired) electrons. The fourth-order valence-electron chi connectivity index (χ4n) is 3.66. The fourth-order valence-corrected chi connectivity index (χ4v) is 4.10. The van der Waals surface area contributed by atoms with Crippen LogP contribution in [-0.4, -0.2) is 26.6 Å². The van der Waals surface area contributed by atoms with E-state index >= 15 is 0 Å². The van der Waals surface area contributed by atoms with Crippen molar-refractivity contribution in [3.05, 3.63) is 81.3 Å². The molecule has 1 fully saturated rings. The quantitative estimate of drug-likeness (QED) is 0.516. The van der Waals surface area contributed by atoms with Crippen LogP contribution in [0.15, 0.2) is 53.0 Å². The van der Waals surface area contributed by atoms with Gasteiger partial charge in [0.05, 0.1) is 17.8 Å². The van der Waals surface area contributed by atoms with Crippen LogP contribution in [0.25, 0.3) is 5.69 Å². The molecule has 1 saturated carbocycles. The highest BCUT2D eigenvalue weighted by Gasteiger charge is 2.33. The summed E-state index contributed by atoms with van der Waals surface area (Å²) >= 11 is 3.51. The number of carbonyl (C=O) groups excluding carboxylic acids is 1. The zero-order valence-corrected chi connectivity index (χ0v) is 18.1. The number of benzene rings is 2. The average molecular weight is 456 g/mol. The second-order valence-corrected chi connectivity index (χ2v) is 8.51. The van der Waals surface area contributed by atoms with Crippen LogP contribution in [0.1, 0.15) is 35.4 Å². The lowest BCUT2D eigenvalue weighted by molar-refractivity contribution is -0.131. The van der Waals surface area contributed by atoms with Crippen LogP contribution in [0.5, 0.6) is 0 Å². The van der Waals surface area contributed by atoms with Gasteiger partial charge in [0.1, 0.15) is 5.82 Å². The summed E-state index contributed by atoms with van der Waals surface area (Å²) in [5, 5.41) is 4.60. The molecule has 150 valence electrons. The predicted octanol–water partition coefficient (Wildman–Crippen LogP) is 5.12. The van der Waals surface area contributed by atoms with Gasteiger partial charge in [0.15, 0.2) is 0 Å². The van der Waals surface area contributed by atoms with E-state index in [9.17, 15) is 9.18 Å². The summed E-state index contributed by atoms with van der Waals surface area (Å²) in [7, 11) is 0. The lowest BCUT2D eigenvalue weighted by Gasteiger charge is -2.23. The second kappa shape index (κ2) is 8.11. The molecular weight excluding hydrogens is 433 g/mol. The van der Waals surface area contributed by atoms with Gasteiger partial charge in [0.25, 0.3) is 0 Å². The molecule has 1 aromatic heterocycles. The van der Waals surface area contributed by atoms with Gasteiger partial charge in [-0.25, -0.2) is 9.07 Å². The van der Waals surface area contributed by atoms with Crippen molar-refractivity contribution in [2.75, 3.05) is 0 Å². The molecule has 0 saturated heterocycles. The Morgan fingerprint density at radius 2 is 1.93 bits per heavy atom. The first-order chi connectivity index (χ1) is 13.9. The summed E-state index contributed by atoms with van der Waals surface area (Å²) < 4.78 is 16.1. The summed E-state index contributed by atoms with van der Waals surface area (Å²) in [4.78, 5) is 15.2. The molecule has 0 bridgehead atoms. The van der Waals surface area contributed by atoms with E-state index in [2.05, 4.69) is 33.2 Å². The molecule has 0 atom stereocenters. The molecule has 29 heavy (non-hydrogen) atoms. The normalized spacial score (nSPS) is 13.5. The highest BCUT2D eigenvalue weighted by Crippen LogP contribution is 2.30. The van der Waals surface area contributed by atoms with Gasteiger partial charge in [-0.05, 0) is 68.7 Å². The second-order valence-electron chi connectivity index (χ2n) is 7.60. The minimum Gasteiger partial charge on any atom is -0.335 e. The number of nitrogens with zero attached hydrogens (tertiary/aromatic N) is 3. The summed E-state index contributed by atoms with van der Waals surface area (Å²) in [5.41, 5.74) is 4.60. The third kappa shape index (κ3) is 4.42. The number of halogens is 2. The molecule has 1 aliphatic carbocycles. The van der Waals surface area contributed by atoms with Crippen LogP contribution in [0.4, 0.5) is 4.39 Å². The molecule has 0 spiro atoms. The third-order valence-electron chi connectivity index (χ3n) is 5.39. The van der Waals surface area contributed by atoms with Crippen molar-refractivity contribution >= 4 is 21.8 Å². The number of carbonyl (C=O) groups is 1. The topological polar surface area (TPSA) is 38.1 Å². The van der Waals surface area contributed by atoms with Crippen molar-refractivity contribution in [1.82, 2.24) is 14.7 Å². The first-order valence-electron chi connectivity index (χ1n) is 9.77. The Bertz CT molecular complexity index is 1040. The Balaban J connectivity index is 1.56. The number of hydrogen-bond donors (Lipinski definition) is 0. The molecule has 1 amide bonds. The fraction of sp³-hybridized carbons (Fsp3) is 0.304. The maximum Gasteiger partial charge on any atom is 0.227 e. The van der Waals surface area contributed by atoms with E-state index in [1.807, 2.05) is 30.9 Å². The summed E-state index contributed by atoms with van der Waals surface area (Å²) in [6, 6.07) is 14.7. The number of aromatic nitrogens is 2. The van der Waals surface area contributed by atoms with E-state index in [4.69, 9.17) is 0 Å². The first-order valence-corrected chi connectivity index (χ1v) is 10.6. The van der Waals surface area contributed by atoms with Crippen LogP contribution in [-0.2, 0) is 17.8 Å². The number of amides is 1. The van der Waals surface area contributed by atoms with Crippen LogP contribution >= 0.6 is 15.9 Å². The average Bonchev–Trinajstić information content (AvgIpc) is 3.49. The van der Waals surface area contributed by atoms with E-state index in [1.165, 1.54) is 12.1 Å². The van der Waals surface area contributed by atoms with Crippen LogP contribution in [0.2, 0.25) is 0 Å². The van der Waals surface area contributed by atoms with Crippen LogP contribution in [0, 0.1) is 19.7 Å². The van der Waals surface area contributed by atoms with E-state index in [0.717, 1.165) is 45.5 Å². The molecule has 3 aromatic rings. The van der Waals surface area contributed by atoms with Crippen LogP contribution in [0.3, 0.4) is 0 Å². The van der Waals surface area contributed by atoms with E-state index < -0.39 is 0 Å². The zero-order valence-electron chi connectivity index (χ0n) is 16.5. The predicted molar refractivity (Wildman–Crippen MR) is 114 cm³/mol. The summed E-state index contributed by atoms with van der Waals surface area (Å²) in [6.45, 7) is 4.50. The van der Waals surface area contributed by atoms with E-state index in [1.54, 1.807) is 16.8 Å². The number of rotatable bonds is 6. The SMILES string of the molecule is Cc1nn(-c2ccc(F)cc2)c(C)c1CC(=O)N(Cc1cccc(Br)c1)C1CC1. The molecule has 0 unspecified atom stereocenters. The largest absolute Gasteiger partial charge is 0.335 e. The standard InChI is InChI=1S/C23H23BrFN3O/c1-15-22(16(2)28(26-15)21-8-6-19(25)7-9-21)13-23(29)27(20-10-11-20)14-17-4-3-5-18(24)12-17/h3-9,12,20H,10-11,13-14H2,1-2H3. The molecule has 6 heteroatoms. The molecule has 1 heterocycles. The van der Waals surface area contributed by atoms with Crippen molar-refractivity contribution < 1.29 is 9.18 Å². The molecule has 4 nitrogen and oxygen atoms in total. The smallest absolute Gasteiger partial charge is 0.227 e. The lowest BCUT2D eigenvalue weighted by atomic mass is 10.1. The van der Waals surface area contributed by atoms with Gasteiger partial charge in [-0.1, -0.05) is 28.1 Å². The Kier molecular flexibility index (Phi) is 5.54. The van der Waals surface area contributed by atoms with Crippen molar-refractivity contribution in [1.29, 1.82) is 0 Å².